The van der Waals surface area contributed by atoms with Crippen LogP contribution in [-0.2, 0) is 78.3 Å². The molecule has 33 nitrogen and oxygen atoms in total. The van der Waals surface area contributed by atoms with Gasteiger partial charge < -0.3 is 95.1 Å². The van der Waals surface area contributed by atoms with Crippen molar-refractivity contribution in [1.82, 2.24) is 52.3 Å². The molecule has 0 bridgehead atoms. The summed E-state index contributed by atoms with van der Waals surface area (Å²) in [6, 6.07) is -10.1. The molecule has 33 heteroatoms. The highest BCUT2D eigenvalue weighted by Crippen LogP contribution is 2.22. The molecule has 482 valence electrons. The van der Waals surface area contributed by atoms with Crippen LogP contribution in [0.5, 0.6) is 0 Å². The minimum absolute atomic E-state index is 0.0481. The first-order chi connectivity index (χ1) is 40.8. The van der Waals surface area contributed by atoms with Crippen LogP contribution in [0.25, 0.3) is 0 Å². The zero-order valence-electron chi connectivity index (χ0n) is 48.9. The molecule has 0 saturated carbocycles. The van der Waals surface area contributed by atoms with E-state index >= 15 is 0 Å². The smallest absolute Gasteiger partial charge is 0.326 e. The van der Waals surface area contributed by atoms with Crippen LogP contribution in [0.4, 0.5) is 0 Å². The largest absolute Gasteiger partial charge is 0.481 e. The molecule has 12 amide bonds. The number of benzene rings is 1. The number of aliphatic carboxylic acids is 3. The van der Waals surface area contributed by atoms with Crippen LogP contribution in [-0.4, -0.2) is 216 Å². The number of aliphatic hydroxyl groups excluding tert-OH is 2. The molecule has 19 N–H and O–H groups in total. The lowest BCUT2D eigenvalue weighted by atomic mass is 10.00. The van der Waals surface area contributed by atoms with Crippen molar-refractivity contribution < 1.29 is 97.5 Å². The van der Waals surface area contributed by atoms with Crippen molar-refractivity contribution in [2.45, 2.75) is 178 Å². The van der Waals surface area contributed by atoms with Gasteiger partial charge in [0, 0.05) is 25.9 Å². The molecule has 1 aromatic carbocycles. The lowest BCUT2D eigenvalue weighted by Gasteiger charge is -2.31. The van der Waals surface area contributed by atoms with E-state index < -0.39 is 200 Å². The van der Waals surface area contributed by atoms with Crippen LogP contribution < -0.4 is 59.7 Å². The Morgan fingerprint density at radius 1 is 0.540 bits per heavy atom. The van der Waals surface area contributed by atoms with Crippen molar-refractivity contribution in [3.05, 3.63) is 35.9 Å². The summed E-state index contributed by atoms with van der Waals surface area (Å²) in [5.74, 6) is -18.4. The van der Waals surface area contributed by atoms with Gasteiger partial charge in [-0.05, 0) is 62.8 Å². The maximum absolute atomic E-state index is 14.4. The van der Waals surface area contributed by atoms with Gasteiger partial charge >= 0.3 is 17.9 Å². The molecule has 0 unspecified atom stereocenters. The fourth-order valence-electron chi connectivity index (χ4n) is 9.52. The number of hydrogen-bond acceptors (Lipinski definition) is 18. The summed E-state index contributed by atoms with van der Waals surface area (Å²) in [5, 5.41) is 68.1. The molecule has 1 aromatic rings. The number of nitrogens with zero attached hydrogens (tertiary/aromatic N) is 2. The second kappa shape index (κ2) is 34.3. The molecular formula is C54H81N13O20. The molecule has 2 saturated heterocycles. The first-order valence-electron chi connectivity index (χ1n) is 28.1. The molecular weight excluding hydrogens is 1150 g/mol. The standard InChI is InChI=1S/C54H81N13O20/c1-25(2)19-30(60-50(82)42(57)26(3)4)47(79)65-43(27(5)69)51(83)61-32(21-38(55)70)46(78)58-29(15-16-40(72)73)44(76)62-33(22-39(56)71)52(84)66-17-9-13-36(66)49(81)59-31(20-28-11-7-6-8-12-28)45(77)64-35(24-68)48(80)63-34(23-41(74)75)53(85)67-18-10-14-37(67)54(86)87/h6-8,11-12,25-27,29-37,42-43,68-69H,9-10,13-24,57H2,1-5H3,(H2,55,70)(H2,56,71)(H,58,78)(H,59,81)(H,60,82)(H,61,83)(H,62,76)(H,63,80)(H,64,77)(H,65,79)(H,72,73)(H,74,75)(H,86,87)/t27-,29+,30+,31+,32+,33+,34+,35+,36+,37+,42+,43+/m1/s1. The first-order valence-corrected chi connectivity index (χ1v) is 28.1. The van der Waals surface area contributed by atoms with E-state index in [-0.39, 0.29) is 63.5 Å². The van der Waals surface area contributed by atoms with Gasteiger partial charge in [-0.1, -0.05) is 58.0 Å². The Hall–Kier alpha value is -8.85. The van der Waals surface area contributed by atoms with Gasteiger partial charge in [0.25, 0.3) is 0 Å². The summed E-state index contributed by atoms with van der Waals surface area (Å²) in [6.07, 6.45) is -6.07. The average Bonchev–Trinajstić information content (AvgIpc) is 2.28. The highest BCUT2D eigenvalue weighted by atomic mass is 16.4. The minimum Gasteiger partial charge on any atom is -0.481 e. The number of carbonyl (C=O) groups excluding carboxylic acids is 12. The molecule has 2 heterocycles. The third kappa shape index (κ3) is 22.8. The topological polar surface area (TPSA) is 538 Å². The molecule has 0 aliphatic carbocycles. The summed E-state index contributed by atoms with van der Waals surface area (Å²) >= 11 is 0. The Balaban J connectivity index is 1.88. The molecule has 0 spiro atoms. The Kier molecular flexibility index (Phi) is 28.6. The normalized spacial score (nSPS) is 18.1. The van der Waals surface area contributed by atoms with Crippen molar-refractivity contribution in [2.24, 2.45) is 29.0 Å². The number of likely N-dealkylation sites (tertiary alicyclic amines) is 2. The molecule has 2 aliphatic heterocycles. The number of aliphatic hydroxyl groups is 2. The third-order valence-electron chi connectivity index (χ3n) is 14.1. The summed E-state index contributed by atoms with van der Waals surface area (Å²) in [5.41, 5.74) is 17.3. The fraction of sp³-hybridized carbons (Fsp3) is 0.611. The number of amides is 12. The second-order valence-corrected chi connectivity index (χ2v) is 22.0. The molecule has 0 aromatic heterocycles. The lowest BCUT2D eigenvalue weighted by molar-refractivity contribution is -0.150. The fourth-order valence-corrected chi connectivity index (χ4v) is 9.52. The molecule has 2 aliphatic rings. The number of hydrogen-bond donors (Lipinski definition) is 16. The average molecular weight is 1230 g/mol. The van der Waals surface area contributed by atoms with E-state index in [0.717, 1.165) is 16.7 Å². The second-order valence-electron chi connectivity index (χ2n) is 22.0. The predicted octanol–water partition coefficient (Wildman–Crippen LogP) is -6.33. The third-order valence-corrected chi connectivity index (χ3v) is 14.1. The van der Waals surface area contributed by atoms with Crippen molar-refractivity contribution in [3.63, 3.8) is 0 Å². The van der Waals surface area contributed by atoms with Gasteiger partial charge in [0.15, 0.2) is 0 Å². The molecule has 0 radical (unpaired) electrons. The van der Waals surface area contributed by atoms with Crippen LogP contribution >= 0.6 is 0 Å². The quantitative estimate of drug-likeness (QED) is 0.0301. The Bertz CT molecular complexity index is 2700. The van der Waals surface area contributed by atoms with Gasteiger partial charge in [-0.2, -0.15) is 0 Å². The Morgan fingerprint density at radius 3 is 1.51 bits per heavy atom. The number of rotatable bonds is 35. The van der Waals surface area contributed by atoms with Crippen molar-refractivity contribution in [1.29, 1.82) is 0 Å². The Morgan fingerprint density at radius 2 is 1.00 bits per heavy atom. The molecule has 12 atom stereocenters. The summed E-state index contributed by atoms with van der Waals surface area (Å²) < 4.78 is 0. The van der Waals surface area contributed by atoms with Gasteiger partial charge in [0.1, 0.15) is 60.4 Å². The van der Waals surface area contributed by atoms with Crippen LogP contribution in [0.2, 0.25) is 0 Å². The van der Waals surface area contributed by atoms with E-state index in [1.54, 1.807) is 58.0 Å². The zero-order valence-corrected chi connectivity index (χ0v) is 48.9. The number of primary amides is 2. The lowest BCUT2D eigenvalue weighted by Crippen LogP contribution is -2.62. The highest BCUT2D eigenvalue weighted by Gasteiger charge is 2.43. The minimum atomic E-state index is -1.99. The maximum atomic E-state index is 14.4. The number of carboxylic acids is 3. The van der Waals surface area contributed by atoms with E-state index in [1.165, 1.54) is 0 Å². The molecule has 2 fully saturated rings. The van der Waals surface area contributed by atoms with Gasteiger partial charge in [-0.3, -0.25) is 67.1 Å². The predicted molar refractivity (Wildman–Crippen MR) is 300 cm³/mol. The summed E-state index contributed by atoms with van der Waals surface area (Å²) in [6.45, 7) is 6.53. The van der Waals surface area contributed by atoms with E-state index in [2.05, 4.69) is 42.5 Å². The van der Waals surface area contributed by atoms with Crippen molar-refractivity contribution >= 4 is 88.8 Å². The first kappa shape index (κ1) is 72.4. The van der Waals surface area contributed by atoms with E-state index in [9.17, 15) is 97.5 Å². The summed E-state index contributed by atoms with van der Waals surface area (Å²) in [7, 11) is 0. The molecule has 3 rings (SSSR count). The summed E-state index contributed by atoms with van der Waals surface area (Å²) in [4.78, 5) is 200. The SMILES string of the molecule is CC(C)C[C@H](NC(=O)[C@@H](N)C(C)C)C(=O)N[C@H](C(=O)N[C@@H](CC(N)=O)C(=O)N[C@@H](CCC(=O)O)C(=O)N[C@@H](CC(N)=O)C(=O)N1CCC[C@H]1C(=O)N[C@@H](Cc1ccccc1)C(=O)N[C@@H](CO)C(=O)N[C@@H](CC(=O)O)C(=O)N1CCC[C@H]1C(=O)O)[C@@H](C)O. The van der Waals surface area contributed by atoms with Crippen LogP contribution in [0.1, 0.15) is 104 Å². The van der Waals surface area contributed by atoms with Gasteiger partial charge in [0.05, 0.1) is 38.0 Å². The highest BCUT2D eigenvalue weighted by molar-refractivity contribution is 6.01. The van der Waals surface area contributed by atoms with E-state index in [1.807, 2.05) is 0 Å². The molecule has 87 heavy (non-hydrogen) atoms. The maximum Gasteiger partial charge on any atom is 0.326 e. The van der Waals surface area contributed by atoms with Crippen LogP contribution in [0.15, 0.2) is 30.3 Å². The van der Waals surface area contributed by atoms with Gasteiger partial charge in [-0.25, -0.2) is 4.79 Å². The number of carboxylic acid groups (broad SMARTS) is 3. The van der Waals surface area contributed by atoms with Crippen LogP contribution in [0.3, 0.4) is 0 Å². The van der Waals surface area contributed by atoms with Gasteiger partial charge in [0.2, 0.25) is 70.9 Å². The van der Waals surface area contributed by atoms with Crippen LogP contribution in [0, 0.1) is 11.8 Å². The monoisotopic (exact) mass is 1230 g/mol. The number of carbonyl (C=O) groups is 15. The number of nitrogens with two attached hydrogens (primary N) is 3. The van der Waals surface area contributed by atoms with E-state index in [4.69, 9.17) is 17.2 Å². The van der Waals surface area contributed by atoms with Crippen molar-refractivity contribution in [3.8, 4) is 0 Å². The Labute approximate surface area is 499 Å². The zero-order chi connectivity index (χ0) is 65.6. The number of nitrogens with one attached hydrogen (secondary N) is 8. The van der Waals surface area contributed by atoms with Gasteiger partial charge in [-0.15, -0.1) is 0 Å². The van der Waals surface area contributed by atoms with Crippen molar-refractivity contribution in [2.75, 3.05) is 19.7 Å². The van der Waals surface area contributed by atoms with E-state index in [0.29, 0.717) is 5.56 Å².